The molecule has 1 N–H and O–H groups in total. The molecule has 46 heavy (non-hydrogen) atoms. The van der Waals surface area contributed by atoms with Gasteiger partial charge in [0.1, 0.15) is 12.6 Å². The fourth-order valence-electron chi connectivity index (χ4n) is 4.95. The molecule has 0 bridgehead atoms. The van der Waals surface area contributed by atoms with Crippen molar-refractivity contribution in [1.82, 2.24) is 10.2 Å². The summed E-state index contributed by atoms with van der Waals surface area (Å²) in [6.45, 7) is 3.15. The fourth-order valence-corrected chi connectivity index (χ4v) is 6.50. The molecule has 9 nitrogen and oxygen atoms in total. The number of halogens is 1. The smallest absolute Gasteiger partial charge is 0.264 e. The van der Waals surface area contributed by atoms with Crippen LogP contribution in [-0.2, 0) is 32.6 Å². The first-order valence-electron chi connectivity index (χ1n) is 14.7. The number of amides is 2. The monoisotopic (exact) mass is 663 g/mol. The van der Waals surface area contributed by atoms with Crippen LogP contribution in [0.4, 0.5) is 5.69 Å². The van der Waals surface area contributed by atoms with Gasteiger partial charge < -0.3 is 19.7 Å². The van der Waals surface area contributed by atoms with E-state index in [2.05, 4.69) is 5.32 Å². The van der Waals surface area contributed by atoms with E-state index in [0.29, 0.717) is 10.8 Å². The van der Waals surface area contributed by atoms with Crippen molar-refractivity contribution in [2.24, 2.45) is 0 Å². The first-order chi connectivity index (χ1) is 22.0. The molecule has 2 amide bonds. The molecule has 0 aliphatic heterocycles. The van der Waals surface area contributed by atoms with E-state index in [9.17, 15) is 18.0 Å². The zero-order valence-electron chi connectivity index (χ0n) is 26.2. The summed E-state index contributed by atoms with van der Waals surface area (Å²) >= 11 is 6.14. The van der Waals surface area contributed by atoms with Gasteiger partial charge in [-0.05, 0) is 61.4 Å². The Labute approximate surface area is 275 Å². The summed E-state index contributed by atoms with van der Waals surface area (Å²) in [5, 5.41) is 3.47. The average molecular weight is 664 g/mol. The highest BCUT2D eigenvalue weighted by Crippen LogP contribution is 2.32. The highest BCUT2D eigenvalue weighted by atomic mass is 35.5. The van der Waals surface area contributed by atoms with Crippen molar-refractivity contribution in [3.8, 4) is 11.5 Å². The van der Waals surface area contributed by atoms with Gasteiger partial charge in [-0.3, -0.25) is 13.9 Å². The largest absolute Gasteiger partial charge is 0.493 e. The molecule has 0 saturated heterocycles. The molecule has 4 rings (SSSR count). The molecule has 4 aromatic rings. The van der Waals surface area contributed by atoms with Crippen molar-refractivity contribution >= 4 is 39.1 Å². The van der Waals surface area contributed by atoms with Gasteiger partial charge in [0.2, 0.25) is 11.8 Å². The Kier molecular flexibility index (Phi) is 11.7. The van der Waals surface area contributed by atoms with Gasteiger partial charge in [0.15, 0.2) is 11.5 Å². The Bertz CT molecular complexity index is 1720. The Morgan fingerprint density at radius 3 is 2.00 bits per heavy atom. The molecular weight excluding hydrogens is 626 g/mol. The van der Waals surface area contributed by atoms with Crippen LogP contribution < -0.4 is 19.1 Å². The number of carbonyl (C=O) groups excluding carboxylic acids is 2. The number of carbonyl (C=O) groups is 2. The molecule has 0 saturated carbocycles. The van der Waals surface area contributed by atoms with E-state index in [4.69, 9.17) is 21.1 Å². The number of ether oxygens (including phenoxy) is 2. The predicted octanol–water partition coefficient (Wildman–Crippen LogP) is 5.72. The number of methoxy groups -OCH3 is 2. The summed E-state index contributed by atoms with van der Waals surface area (Å²) in [5.74, 6) is -0.337. The Morgan fingerprint density at radius 2 is 1.41 bits per heavy atom. The Morgan fingerprint density at radius 1 is 0.804 bits per heavy atom. The van der Waals surface area contributed by atoms with Gasteiger partial charge in [-0.1, -0.05) is 72.3 Å². The second kappa shape index (κ2) is 15.6. The maximum absolute atomic E-state index is 14.5. The molecule has 0 aliphatic carbocycles. The molecule has 0 aliphatic rings. The Hall–Kier alpha value is -4.54. The topological polar surface area (TPSA) is 105 Å². The fraction of sp³-hybridized carbons (Fsp3) is 0.257. The third kappa shape index (κ3) is 8.58. The molecule has 1 atom stereocenters. The summed E-state index contributed by atoms with van der Waals surface area (Å²) in [7, 11) is -1.44. The molecule has 0 unspecified atom stereocenters. The van der Waals surface area contributed by atoms with E-state index >= 15 is 0 Å². The van der Waals surface area contributed by atoms with Gasteiger partial charge in [-0.15, -0.1) is 0 Å². The number of anilines is 1. The molecule has 11 heteroatoms. The lowest BCUT2D eigenvalue weighted by atomic mass is 10.0. The number of sulfonamides is 1. The zero-order valence-corrected chi connectivity index (χ0v) is 27.8. The lowest BCUT2D eigenvalue weighted by Gasteiger charge is -2.34. The van der Waals surface area contributed by atoms with Crippen LogP contribution in [0.15, 0.2) is 108 Å². The first kappa shape index (κ1) is 34.3. The minimum absolute atomic E-state index is 0.0397. The quantitative estimate of drug-likeness (QED) is 0.185. The van der Waals surface area contributed by atoms with Crippen LogP contribution in [0, 0.1) is 0 Å². The lowest BCUT2D eigenvalue weighted by Crippen LogP contribution is -2.54. The normalized spacial score (nSPS) is 11.9. The number of nitrogens with zero attached hydrogens (tertiary/aromatic N) is 2. The van der Waals surface area contributed by atoms with Crippen LogP contribution in [0.1, 0.15) is 25.0 Å². The second-order valence-corrected chi connectivity index (χ2v) is 13.2. The van der Waals surface area contributed by atoms with Gasteiger partial charge in [-0.2, -0.15) is 0 Å². The van der Waals surface area contributed by atoms with E-state index in [-0.39, 0.29) is 41.2 Å². The second-order valence-electron chi connectivity index (χ2n) is 10.9. The highest BCUT2D eigenvalue weighted by Gasteiger charge is 2.35. The molecule has 0 heterocycles. The SMILES string of the molecule is COc1ccc(S(=O)(=O)N(CC(=O)N(Cc2ccc(Cl)cc2)[C@@H](Cc2ccccc2)C(=O)NC(C)C)c2ccccc2)cc1OC. The summed E-state index contributed by atoms with van der Waals surface area (Å²) in [5.41, 5.74) is 1.85. The zero-order chi connectivity index (χ0) is 33.3. The Balaban J connectivity index is 1.80. The summed E-state index contributed by atoms with van der Waals surface area (Å²) in [6, 6.07) is 27.8. The van der Waals surface area contributed by atoms with Crippen molar-refractivity contribution in [2.45, 2.75) is 43.8 Å². The van der Waals surface area contributed by atoms with E-state index in [1.165, 1.54) is 37.3 Å². The average Bonchev–Trinajstić information content (AvgIpc) is 3.06. The van der Waals surface area contributed by atoms with Gasteiger partial charge in [-0.25, -0.2) is 8.42 Å². The number of nitrogens with one attached hydrogen (secondary N) is 1. The van der Waals surface area contributed by atoms with E-state index in [1.807, 2.05) is 44.2 Å². The third-order valence-corrected chi connectivity index (χ3v) is 9.26. The number of hydrogen-bond donors (Lipinski definition) is 1. The number of para-hydroxylation sites is 1. The molecule has 0 fully saturated rings. The van der Waals surface area contributed by atoms with Crippen LogP contribution in [0.25, 0.3) is 0 Å². The number of hydrogen-bond acceptors (Lipinski definition) is 6. The van der Waals surface area contributed by atoms with E-state index < -0.39 is 28.5 Å². The maximum atomic E-state index is 14.5. The van der Waals surface area contributed by atoms with Crippen molar-refractivity contribution in [2.75, 3.05) is 25.1 Å². The predicted molar refractivity (Wildman–Crippen MR) is 180 cm³/mol. The highest BCUT2D eigenvalue weighted by molar-refractivity contribution is 7.92. The molecular formula is C35H38ClN3O6S. The molecule has 242 valence electrons. The van der Waals surface area contributed by atoms with Crippen LogP contribution in [0.3, 0.4) is 0 Å². The first-order valence-corrected chi connectivity index (χ1v) is 16.5. The van der Waals surface area contributed by atoms with Crippen LogP contribution in [0.2, 0.25) is 5.02 Å². The standard InChI is InChI=1S/C35H38ClN3O6S/c1-25(2)37-35(41)31(21-26-11-7-5-8-12-26)38(23-27-15-17-28(36)18-16-27)34(40)24-39(29-13-9-6-10-14-29)46(42,43)30-19-20-32(44-3)33(22-30)45-4/h5-20,22,25,31H,21,23-24H2,1-4H3,(H,37,41)/t31-/m0/s1. The summed E-state index contributed by atoms with van der Waals surface area (Å²) < 4.78 is 40.2. The minimum atomic E-state index is -4.31. The van der Waals surface area contributed by atoms with Crippen molar-refractivity contribution in [3.63, 3.8) is 0 Å². The molecule has 0 aromatic heterocycles. The van der Waals surface area contributed by atoms with E-state index in [0.717, 1.165) is 15.4 Å². The summed E-state index contributed by atoms with van der Waals surface area (Å²) in [6.07, 6.45) is 0.215. The number of rotatable bonds is 14. The lowest BCUT2D eigenvalue weighted by molar-refractivity contribution is -0.140. The van der Waals surface area contributed by atoms with Crippen LogP contribution in [-0.4, -0.2) is 58.0 Å². The van der Waals surface area contributed by atoms with Crippen molar-refractivity contribution in [3.05, 3.63) is 119 Å². The van der Waals surface area contributed by atoms with Gasteiger partial charge in [0.25, 0.3) is 10.0 Å². The molecule has 0 radical (unpaired) electrons. The molecule has 4 aromatic carbocycles. The molecule has 0 spiro atoms. The van der Waals surface area contributed by atoms with Crippen molar-refractivity contribution < 1.29 is 27.5 Å². The van der Waals surface area contributed by atoms with E-state index in [1.54, 1.807) is 54.6 Å². The third-order valence-electron chi connectivity index (χ3n) is 7.23. The van der Waals surface area contributed by atoms with Gasteiger partial charge >= 0.3 is 0 Å². The summed E-state index contributed by atoms with van der Waals surface area (Å²) in [4.78, 5) is 29.6. The number of benzene rings is 4. The van der Waals surface area contributed by atoms with Gasteiger partial charge in [0, 0.05) is 30.1 Å². The van der Waals surface area contributed by atoms with Crippen LogP contribution >= 0.6 is 11.6 Å². The maximum Gasteiger partial charge on any atom is 0.264 e. The minimum Gasteiger partial charge on any atom is -0.493 e. The van der Waals surface area contributed by atoms with Crippen LogP contribution in [0.5, 0.6) is 11.5 Å². The van der Waals surface area contributed by atoms with Crippen molar-refractivity contribution in [1.29, 1.82) is 0 Å². The van der Waals surface area contributed by atoms with Gasteiger partial charge in [0.05, 0.1) is 24.8 Å².